The van der Waals surface area contributed by atoms with Crippen LogP contribution < -0.4 is 0 Å². The Morgan fingerprint density at radius 2 is 2.08 bits per heavy atom. The highest BCUT2D eigenvalue weighted by atomic mass is 32.2. The summed E-state index contributed by atoms with van der Waals surface area (Å²) in [4.78, 5) is 13.2. The predicted molar refractivity (Wildman–Crippen MR) is 89.1 cm³/mol. The second-order valence-electron chi connectivity index (χ2n) is 7.47. The molecule has 138 valence electrons. The van der Waals surface area contributed by atoms with Gasteiger partial charge in [-0.1, -0.05) is 0 Å². The van der Waals surface area contributed by atoms with E-state index in [1.807, 2.05) is 0 Å². The Labute approximate surface area is 144 Å². The third-order valence-electron chi connectivity index (χ3n) is 5.37. The van der Waals surface area contributed by atoms with Crippen LogP contribution >= 0.6 is 0 Å². The van der Waals surface area contributed by atoms with E-state index in [1.54, 1.807) is 18.4 Å². The van der Waals surface area contributed by atoms with Crippen molar-refractivity contribution in [2.45, 2.75) is 43.5 Å². The average molecular weight is 360 g/mol. The zero-order chi connectivity index (χ0) is 17.4. The molecule has 0 bridgehead atoms. The molecule has 1 aliphatic carbocycles. The molecule has 3 fully saturated rings. The second-order valence-corrected chi connectivity index (χ2v) is 9.69. The highest BCUT2D eigenvalue weighted by Gasteiger charge is 2.51. The van der Waals surface area contributed by atoms with Gasteiger partial charge in [-0.15, -0.1) is 0 Å². The molecule has 7 nitrogen and oxygen atoms in total. The molecule has 3 rings (SSSR count). The Morgan fingerprint density at radius 3 is 2.75 bits per heavy atom. The second kappa shape index (κ2) is 6.90. The lowest BCUT2D eigenvalue weighted by Crippen LogP contribution is -2.58. The van der Waals surface area contributed by atoms with Crippen LogP contribution in [0.4, 0.5) is 0 Å². The largest absolute Gasteiger partial charge is 0.377 e. The van der Waals surface area contributed by atoms with Crippen LogP contribution in [-0.2, 0) is 24.3 Å². The van der Waals surface area contributed by atoms with Gasteiger partial charge in [-0.05, 0) is 32.1 Å². The summed E-state index contributed by atoms with van der Waals surface area (Å²) >= 11 is 0. The molecule has 1 amide bonds. The van der Waals surface area contributed by atoms with E-state index in [0.717, 1.165) is 32.3 Å². The number of piperidine rings is 1. The quantitative estimate of drug-likeness (QED) is 0.688. The van der Waals surface area contributed by atoms with Crippen LogP contribution in [0.25, 0.3) is 0 Å². The highest BCUT2D eigenvalue weighted by Crippen LogP contribution is 2.43. The molecule has 2 heterocycles. The van der Waals surface area contributed by atoms with Crippen LogP contribution in [0, 0.1) is 5.41 Å². The molecule has 2 aliphatic heterocycles. The fourth-order valence-electron chi connectivity index (χ4n) is 3.72. The van der Waals surface area contributed by atoms with Gasteiger partial charge in [0.15, 0.2) is 0 Å². The molecule has 0 unspecified atom stereocenters. The summed E-state index contributed by atoms with van der Waals surface area (Å²) in [5.41, 5.74) is -0.328. The molecule has 2 atom stereocenters. The van der Waals surface area contributed by atoms with E-state index < -0.39 is 10.0 Å². The van der Waals surface area contributed by atoms with Crippen LogP contribution in [0.5, 0.6) is 0 Å². The maximum Gasteiger partial charge on any atom is 0.248 e. The number of ether oxygens (including phenoxy) is 2. The predicted octanol–water partition coefficient (Wildman–Crippen LogP) is 0.455. The number of nitrogens with zero attached hydrogens (tertiary/aromatic N) is 2. The minimum Gasteiger partial charge on any atom is -0.377 e. The first-order valence-electron chi connectivity index (χ1n) is 8.74. The van der Waals surface area contributed by atoms with Crippen LogP contribution in [0.1, 0.15) is 32.1 Å². The summed E-state index contributed by atoms with van der Waals surface area (Å²) in [5.74, 6) is -0.0852. The molecule has 0 spiro atoms. The Morgan fingerprint density at radius 1 is 1.33 bits per heavy atom. The number of sulfonamides is 1. The summed E-state index contributed by atoms with van der Waals surface area (Å²) in [6, 6.07) is 0. The van der Waals surface area contributed by atoms with E-state index in [1.165, 1.54) is 4.90 Å². The molecule has 24 heavy (non-hydrogen) atoms. The molecular formula is C16H28N2O5S. The van der Waals surface area contributed by atoms with Gasteiger partial charge in [0.1, 0.15) is 6.61 Å². The molecule has 0 aromatic carbocycles. The van der Waals surface area contributed by atoms with Crippen LogP contribution in [0.2, 0.25) is 0 Å². The van der Waals surface area contributed by atoms with Crippen molar-refractivity contribution in [3.8, 4) is 0 Å². The number of carbonyl (C=O) groups excluding carboxylic acids is 1. The van der Waals surface area contributed by atoms with E-state index in [4.69, 9.17) is 9.47 Å². The Bertz CT molecular complexity index is 575. The van der Waals surface area contributed by atoms with Crippen molar-refractivity contribution in [3.05, 3.63) is 0 Å². The van der Waals surface area contributed by atoms with Gasteiger partial charge in [-0.25, -0.2) is 12.7 Å². The summed E-state index contributed by atoms with van der Waals surface area (Å²) < 4.78 is 38.5. The molecule has 8 heteroatoms. The van der Waals surface area contributed by atoms with Crippen LogP contribution in [0.3, 0.4) is 0 Å². The van der Waals surface area contributed by atoms with Gasteiger partial charge in [-0.3, -0.25) is 4.79 Å². The maximum absolute atomic E-state index is 12.6. The molecule has 0 N–H and O–H groups in total. The van der Waals surface area contributed by atoms with Gasteiger partial charge in [0.2, 0.25) is 15.9 Å². The van der Waals surface area contributed by atoms with Gasteiger partial charge in [0, 0.05) is 39.2 Å². The van der Waals surface area contributed by atoms with Gasteiger partial charge in [0.25, 0.3) is 0 Å². The van der Waals surface area contributed by atoms with Gasteiger partial charge in [-0.2, -0.15) is 0 Å². The topological polar surface area (TPSA) is 76.2 Å². The van der Waals surface area contributed by atoms with E-state index in [9.17, 15) is 13.2 Å². The number of hydrogen-bond donors (Lipinski definition) is 0. The smallest absolute Gasteiger partial charge is 0.248 e. The zero-order valence-corrected chi connectivity index (χ0v) is 15.4. The summed E-state index contributed by atoms with van der Waals surface area (Å²) in [5, 5.41) is -0.188. The van der Waals surface area contributed by atoms with Crippen molar-refractivity contribution in [2.24, 2.45) is 5.41 Å². The standard InChI is InChI=1S/C16H28N2O5S/c1-17(2)15(19)10-22-12-16-7-3-9-23-14(16)6-8-18(11-16)24(20,21)13-4-5-13/h13-14H,3-12H2,1-2H3/t14-,16-/m1/s1. The molecule has 0 radical (unpaired) electrons. The van der Waals surface area contributed by atoms with E-state index in [2.05, 4.69) is 0 Å². The summed E-state index contributed by atoms with van der Waals surface area (Å²) in [7, 11) is 0.206. The molecule has 3 aliphatic rings. The maximum atomic E-state index is 12.6. The van der Waals surface area contributed by atoms with Crippen molar-refractivity contribution < 1.29 is 22.7 Å². The molecule has 0 aromatic rings. The SMILES string of the molecule is CN(C)C(=O)COC[C@]12CCCO[C@@H]1CCN(S(=O)(=O)C1CC1)C2. The van der Waals surface area contributed by atoms with E-state index in [0.29, 0.717) is 26.1 Å². The van der Waals surface area contributed by atoms with Crippen molar-refractivity contribution in [1.82, 2.24) is 9.21 Å². The van der Waals surface area contributed by atoms with E-state index in [-0.39, 0.29) is 29.3 Å². The van der Waals surface area contributed by atoms with Crippen molar-refractivity contribution in [1.29, 1.82) is 0 Å². The normalized spacial score (nSPS) is 31.5. The minimum atomic E-state index is -3.19. The van der Waals surface area contributed by atoms with Gasteiger partial charge < -0.3 is 14.4 Å². The van der Waals surface area contributed by atoms with Gasteiger partial charge in [0.05, 0.1) is 18.0 Å². The number of hydrogen-bond acceptors (Lipinski definition) is 5. The van der Waals surface area contributed by atoms with Crippen LogP contribution in [0.15, 0.2) is 0 Å². The summed E-state index contributed by atoms with van der Waals surface area (Å²) in [6.45, 7) is 2.09. The molecule has 1 saturated carbocycles. The monoisotopic (exact) mass is 360 g/mol. The molecule has 2 saturated heterocycles. The van der Waals surface area contributed by atoms with Crippen LogP contribution in [-0.4, -0.2) is 81.9 Å². The number of amides is 1. The first-order chi connectivity index (χ1) is 11.3. The Hall–Kier alpha value is -0.700. The molecule has 0 aromatic heterocycles. The molecular weight excluding hydrogens is 332 g/mol. The van der Waals surface area contributed by atoms with E-state index >= 15 is 0 Å². The van der Waals surface area contributed by atoms with Crippen molar-refractivity contribution in [3.63, 3.8) is 0 Å². The lowest BCUT2D eigenvalue weighted by Gasteiger charge is -2.49. The number of likely N-dealkylation sites (N-methyl/N-ethyl adjacent to an activating group) is 1. The first-order valence-corrected chi connectivity index (χ1v) is 10.2. The Balaban J connectivity index is 1.68. The highest BCUT2D eigenvalue weighted by molar-refractivity contribution is 7.90. The Kier molecular flexibility index (Phi) is 5.20. The average Bonchev–Trinajstić information content (AvgIpc) is 3.39. The van der Waals surface area contributed by atoms with Crippen molar-refractivity contribution in [2.75, 3.05) is 47.0 Å². The number of carbonyl (C=O) groups is 1. The summed E-state index contributed by atoms with van der Waals surface area (Å²) in [6.07, 6.45) is 4.06. The minimum absolute atomic E-state index is 0.0198. The first kappa shape index (κ1) is 18.1. The fourth-order valence-corrected chi connectivity index (χ4v) is 5.68. The third kappa shape index (κ3) is 3.61. The van der Waals surface area contributed by atoms with Gasteiger partial charge >= 0.3 is 0 Å². The third-order valence-corrected chi connectivity index (χ3v) is 7.72. The lowest BCUT2D eigenvalue weighted by atomic mass is 9.73. The number of fused-ring (bicyclic) bond motifs is 1. The number of rotatable bonds is 6. The lowest BCUT2D eigenvalue weighted by molar-refractivity contribution is -0.152. The fraction of sp³-hybridized carbons (Fsp3) is 0.938. The van der Waals surface area contributed by atoms with Crippen molar-refractivity contribution >= 4 is 15.9 Å². The zero-order valence-electron chi connectivity index (χ0n) is 14.6.